The van der Waals surface area contributed by atoms with E-state index in [-0.39, 0.29) is 44.3 Å². The van der Waals surface area contributed by atoms with Crippen LogP contribution in [0.3, 0.4) is 0 Å². The van der Waals surface area contributed by atoms with Gasteiger partial charge in [0.2, 0.25) is 10.0 Å². The Labute approximate surface area is 237 Å². The summed E-state index contributed by atoms with van der Waals surface area (Å²) in [7, 11) is -4.01. The smallest absolute Gasteiger partial charge is 0.407 e. The lowest BCUT2D eigenvalue weighted by Gasteiger charge is -2.24. The van der Waals surface area contributed by atoms with Gasteiger partial charge in [0.1, 0.15) is 19.0 Å². The lowest BCUT2D eigenvalue weighted by atomic mass is 10.0. The van der Waals surface area contributed by atoms with E-state index < -0.39 is 27.4 Å². The van der Waals surface area contributed by atoms with E-state index >= 15 is 0 Å². The van der Waals surface area contributed by atoms with Crippen molar-refractivity contribution in [2.45, 2.75) is 51.0 Å². The van der Waals surface area contributed by atoms with E-state index in [1.54, 1.807) is 24.3 Å². The number of alkyl carbamates (subject to hydrolysis) is 1. The molecule has 214 valence electrons. The van der Waals surface area contributed by atoms with Crippen molar-refractivity contribution in [3.63, 3.8) is 0 Å². The Morgan fingerprint density at radius 3 is 2.00 bits per heavy atom. The summed E-state index contributed by atoms with van der Waals surface area (Å²) in [6, 6.07) is 26.7. The van der Waals surface area contributed by atoms with E-state index in [2.05, 4.69) is 10.0 Å². The van der Waals surface area contributed by atoms with Crippen molar-refractivity contribution in [3.8, 4) is 5.75 Å². The molecule has 0 saturated carbocycles. The normalized spacial score (nSPS) is 12.9. The van der Waals surface area contributed by atoms with Gasteiger partial charge in [0.05, 0.1) is 11.3 Å². The number of Topliss-reactive ketones (excluding diaryl/α,β-unsaturated/α-hetero) is 1. The van der Waals surface area contributed by atoms with Crippen LogP contribution in [0, 0.1) is 5.92 Å². The van der Waals surface area contributed by atoms with Gasteiger partial charge in [-0.05, 0) is 48.4 Å². The molecule has 0 spiro atoms. The van der Waals surface area contributed by atoms with E-state index in [9.17, 15) is 18.0 Å². The van der Waals surface area contributed by atoms with Gasteiger partial charge in [0.25, 0.3) is 0 Å². The number of carbonyl (C=O) groups excluding carboxylic acids is 2. The lowest BCUT2D eigenvalue weighted by Crippen LogP contribution is -2.50. The average molecular weight is 567 g/mol. The third-order valence-corrected chi connectivity index (χ3v) is 8.09. The SMILES string of the molecule is CC(C)CC(CNC(=O)OCc1ccccc1)S(=O)(=O)NC(CCc1ccccc1)C(=O)COc1ccccc1. The van der Waals surface area contributed by atoms with Gasteiger partial charge in [-0.25, -0.2) is 17.9 Å². The predicted octanol–water partition coefficient (Wildman–Crippen LogP) is 4.90. The van der Waals surface area contributed by atoms with Crippen molar-refractivity contribution in [2.75, 3.05) is 13.2 Å². The van der Waals surface area contributed by atoms with E-state index in [1.807, 2.05) is 80.6 Å². The standard InChI is InChI=1S/C31H38N2O6S/c1-24(2)20-28(21-32-31(35)39-22-26-14-8-4-9-15-26)40(36,37)33-29(19-18-25-12-6-3-7-13-25)30(34)23-38-27-16-10-5-11-17-27/h3-17,24,28-29,33H,18-23H2,1-2H3,(H,32,35). The first-order valence-corrected chi connectivity index (χ1v) is 15.0. The number of sulfonamides is 1. The van der Waals surface area contributed by atoms with Crippen LogP contribution >= 0.6 is 0 Å². The molecule has 0 bridgehead atoms. The van der Waals surface area contributed by atoms with Crippen LogP contribution in [0.5, 0.6) is 5.75 Å². The zero-order chi connectivity index (χ0) is 28.8. The van der Waals surface area contributed by atoms with Gasteiger partial charge >= 0.3 is 6.09 Å². The zero-order valence-corrected chi connectivity index (χ0v) is 23.8. The van der Waals surface area contributed by atoms with Gasteiger partial charge in [0.15, 0.2) is 5.78 Å². The molecule has 2 unspecified atom stereocenters. The van der Waals surface area contributed by atoms with Gasteiger partial charge in [0, 0.05) is 6.54 Å². The topological polar surface area (TPSA) is 111 Å². The Morgan fingerprint density at radius 2 is 1.40 bits per heavy atom. The molecule has 0 aliphatic heterocycles. The van der Waals surface area contributed by atoms with Gasteiger partial charge < -0.3 is 14.8 Å². The van der Waals surface area contributed by atoms with Crippen molar-refractivity contribution in [2.24, 2.45) is 5.92 Å². The van der Waals surface area contributed by atoms with Crippen LogP contribution in [-0.2, 0) is 32.6 Å². The second-order valence-electron chi connectivity index (χ2n) is 10.0. The fourth-order valence-corrected chi connectivity index (χ4v) is 5.90. The Morgan fingerprint density at radius 1 is 0.825 bits per heavy atom. The monoisotopic (exact) mass is 566 g/mol. The van der Waals surface area contributed by atoms with Crippen molar-refractivity contribution in [3.05, 3.63) is 102 Å². The Kier molecular flexibility index (Phi) is 12.2. The Hall–Kier alpha value is -3.69. The minimum Gasteiger partial charge on any atom is -0.486 e. The molecular formula is C31H38N2O6S. The Bertz CT molecular complexity index is 1290. The number of benzene rings is 3. The molecule has 0 radical (unpaired) electrons. The molecule has 9 heteroatoms. The number of ketones is 1. The molecule has 2 N–H and O–H groups in total. The minimum absolute atomic E-state index is 0.0311. The molecule has 3 aromatic rings. The van der Waals surface area contributed by atoms with Crippen molar-refractivity contribution < 1.29 is 27.5 Å². The quantitative estimate of drug-likeness (QED) is 0.255. The highest BCUT2D eigenvalue weighted by atomic mass is 32.2. The third-order valence-electron chi connectivity index (χ3n) is 6.24. The molecule has 1 amide bonds. The van der Waals surface area contributed by atoms with Crippen LogP contribution < -0.4 is 14.8 Å². The summed E-state index contributed by atoms with van der Waals surface area (Å²) in [6.07, 6.45) is 0.348. The number of amides is 1. The molecule has 3 aromatic carbocycles. The maximum absolute atomic E-state index is 13.6. The largest absolute Gasteiger partial charge is 0.486 e. The zero-order valence-electron chi connectivity index (χ0n) is 23.0. The van der Waals surface area contributed by atoms with E-state index in [4.69, 9.17) is 9.47 Å². The average Bonchev–Trinajstić information content (AvgIpc) is 2.96. The molecule has 3 rings (SSSR count). The highest BCUT2D eigenvalue weighted by Crippen LogP contribution is 2.16. The maximum Gasteiger partial charge on any atom is 0.407 e. The summed E-state index contributed by atoms with van der Waals surface area (Å²) in [6.45, 7) is 3.46. The first-order chi connectivity index (χ1) is 19.2. The molecule has 0 heterocycles. The fraction of sp³-hybridized carbons (Fsp3) is 0.355. The van der Waals surface area contributed by atoms with E-state index in [0.29, 0.717) is 12.2 Å². The number of para-hydroxylation sites is 1. The van der Waals surface area contributed by atoms with Crippen LogP contribution in [0.25, 0.3) is 0 Å². The predicted molar refractivity (Wildman–Crippen MR) is 155 cm³/mol. The van der Waals surface area contributed by atoms with Crippen molar-refractivity contribution in [1.82, 2.24) is 10.0 Å². The number of ether oxygens (including phenoxy) is 2. The first-order valence-electron chi connectivity index (χ1n) is 13.4. The molecule has 0 fully saturated rings. The number of nitrogens with one attached hydrogen (secondary N) is 2. The Balaban J connectivity index is 1.67. The van der Waals surface area contributed by atoms with Crippen LogP contribution in [0.1, 0.15) is 37.8 Å². The molecule has 8 nitrogen and oxygen atoms in total. The van der Waals surface area contributed by atoms with Crippen LogP contribution in [0.15, 0.2) is 91.0 Å². The number of carbonyl (C=O) groups is 2. The van der Waals surface area contributed by atoms with E-state index in [1.165, 1.54) is 0 Å². The molecule has 0 aromatic heterocycles. The summed E-state index contributed by atoms with van der Waals surface area (Å²) in [5.74, 6) is 0.182. The molecule has 0 saturated heterocycles. The first kappa shape index (κ1) is 30.8. The minimum atomic E-state index is -4.01. The second-order valence-corrected chi connectivity index (χ2v) is 12.0. The van der Waals surface area contributed by atoms with Crippen LogP contribution in [0.2, 0.25) is 0 Å². The molecule has 2 atom stereocenters. The second kappa shape index (κ2) is 15.8. The number of aryl methyl sites for hydroxylation is 1. The van der Waals surface area contributed by atoms with Crippen LogP contribution in [-0.4, -0.2) is 44.7 Å². The number of rotatable bonds is 16. The summed E-state index contributed by atoms with van der Waals surface area (Å²) < 4.78 is 40.6. The highest BCUT2D eigenvalue weighted by molar-refractivity contribution is 7.90. The maximum atomic E-state index is 13.6. The number of hydrogen-bond donors (Lipinski definition) is 2. The van der Waals surface area contributed by atoms with Gasteiger partial charge in [-0.15, -0.1) is 0 Å². The summed E-state index contributed by atoms with van der Waals surface area (Å²) in [5.41, 5.74) is 1.81. The molecule has 40 heavy (non-hydrogen) atoms. The third kappa shape index (κ3) is 10.8. The summed E-state index contributed by atoms with van der Waals surface area (Å²) in [4.78, 5) is 25.5. The molecular weight excluding hydrogens is 528 g/mol. The molecule has 0 aliphatic carbocycles. The summed E-state index contributed by atoms with van der Waals surface area (Å²) >= 11 is 0. The number of hydrogen-bond acceptors (Lipinski definition) is 6. The van der Waals surface area contributed by atoms with Crippen molar-refractivity contribution in [1.29, 1.82) is 0 Å². The lowest BCUT2D eigenvalue weighted by molar-refractivity contribution is -0.122. The van der Waals surface area contributed by atoms with Gasteiger partial charge in [-0.2, -0.15) is 0 Å². The van der Waals surface area contributed by atoms with Gasteiger partial charge in [-0.1, -0.05) is 92.7 Å². The molecule has 0 aliphatic rings. The highest BCUT2D eigenvalue weighted by Gasteiger charge is 2.32. The summed E-state index contributed by atoms with van der Waals surface area (Å²) in [5, 5.41) is 1.62. The van der Waals surface area contributed by atoms with Crippen molar-refractivity contribution >= 4 is 21.9 Å². The van der Waals surface area contributed by atoms with Crippen LogP contribution in [0.4, 0.5) is 4.79 Å². The fourth-order valence-electron chi connectivity index (χ4n) is 4.12. The van der Waals surface area contributed by atoms with Gasteiger partial charge in [-0.3, -0.25) is 4.79 Å². The van der Waals surface area contributed by atoms with E-state index in [0.717, 1.165) is 11.1 Å².